The summed E-state index contributed by atoms with van der Waals surface area (Å²) in [7, 11) is 0. The number of hydrogen-bond acceptors (Lipinski definition) is 0. The van der Waals surface area contributed by atoms with Crippen LogP contribution in [0.1, 0.15) is 12.5 Å². The lowest BCUT2D eigenvalue weighted by Gasteiger charge is -2.01. The third kappa shape index (κ3) is 1.48. The molecule has 0 bridgehead atoms. The smallest absolute Gasteiger partial charge is 0.128 e. The first kappa shape index (κ1) is 7.55. The van der Waals surface area contributed by atoms with Gasteiger partial charge in [0.15, 0.2) is 0 Å². The van der Waals surface area contributed by atoms with E-state index < -0.39 is 0 Å². The Bertz CT molecular complexity index is 220. The number of benzene rings is 1. The van der Waals surface area contributed by atoms with Gasteiger partial charge in [0.1, 0.15) is 5.82 Å². The van der Waals surface area contributed by atoms with Crippen molar-refractivity contribution in [3.8, 4) is 0 Å². The van der Waals surface area contributed by atoms with Crippen LogP contribution in [0.15, 0.2) is 24.3 Å². The van der Waals surface area contributed by atoms with Crippen LogP contribution in [-0.4, -0.2) is 0 Å². The fourth-order valence-corrected chi connectivity index (χ4v) is 0.894. The van der Waals surface area contributed by atoms with Gasteiger partial charge in [0, 0.05) is 5.56 Å². The van der Waals surface area contributed by atoms with Gasteiger partial charge in [0.05, 0.1) is 5.38 Å². The van der Waals surface area contributed by atoms with Crippen LogP contribution in [0.2, 0.25) is 0 Å². The summed E-state index contributed by atoms with van der Waals surface area (Å²) in [6.07, 6.45) is 0. The second-order valence-electron chi connectivity index (χ2n) is 2.01. The molecule has 2 heteroatoms. The van der Waals surface area contributed by atoms with E-state index >= 15 is 0 Å². The molecule has 0 nitrogen and oxygen atoms in total. The van der Waals surface area contributed by atoms with Gasteiger partial charge in [-0.05, 0) is 13.0 Å². The summed E-state index contributed by atoms with van der Waals surface area (Å²) in [5, 5.41) is 0.484. The normalized spacial score (nSPS) is 10.4. The molecule has 0 N–H and O–H groups in total. The zero-order chi connectivity index (χ0) is 7.56. The Morgan fingerprint density at radius 1 is 1.40 bits per heavy atom. The molecule has 0 unspecified atom stereocenters. The largest absolute Gasteiger partial charge is 0.207 e. The maximum Gasteiger partial charge on any atom is 0.128 e. The minimum atomic E-state index is -0.269. The van der Waals surface area contributed by atoms with Crippen molar-refractivity contribution in [2.45, 2.75) is 6.92 Å². The molecule has 0 saturated heterocycles. The van der Waals surface area contributed by atoms with E-state index in [-0.39, 0.29) is 5.82 Å². The second kappa shape index (κ2) is 3.02. The molecule has 1 radical (unpaired) electrons. The predicted octanol–water partition coefficient (Wildman–Crippen LogP) is 2.96. The molecule has 1 rings (SSSR count). The molecule has 0 aliphatic heterocycles. The Kier molecular flexibility index (Phi) is 2.28. The maximum atomic E-state index is 12.7. The Hall–Kier alpha value is -0.560. The highest BCUT2D eigenvalue weighted by Crippen LogP contribution is 2.20. The van der Waals surface area contributed by atoms with E-state index in [1.165, 1.54) is 6.07 Å². The Labute approximate surface area is 64.6 Å². The first-order chi connectivity index (χ1) is 4.72. The third-order valence-corrected chi connectivity index (χ3v) is 1.45. The standard InChI is InChI=1S/C8H7ClF/c1-6(9)7-4-2-3-5-8(7)10/h2-5H,1H3. The van der Waals surface area contributed by atoms with Gasteiger partial charge in [-0.2, -0.15) is 0 Å². The summed E-state index contributed by atoms with van der Waals surface area (Å²) < 4.78 is 12.7. The Morgan fingerprint density at radius 3 is 2.40 bits per heavy atom. The van der Waals surface area contributed by atoms with Gasteiger partial charge in [-0.25, -0.2) is 4.39 Å². The van der Waals surface area contributed by atoms with Crippen molar-refractivity contribution in [3.63, 3.8) is 0 Å². The van der Waals surface area contributed by atoms with E-state index in [4.69, 9.17) is 11.6 Å². The van der Waals surface area contributed by atoms with Gasteiger partial charge in [0.25, 0.3) is 0 Å². The second-order valence-corrected chi connectivity index (χ2v) is 2.58. The average Bonchev–Trinajstić information content (AvgIpc) is 1.88. The molecular formula is C8H7ClF. The molecule has 0 amide bonds. The minimum absolute atomic E-state index is 0.269. The summed E-state index contributed by atoms with van der Waals surface area (Å²) in [5.41, 5.74) is 0.476. The molecule has 0 saturated carbocycles. The number of rotatable bonds is 1. The fourth-order valence-electron chi connectivity index (χ4n) is 0.741. The van der Waals surface area contributed by atoms with Gasteiger partial charge >= 0.3 is 0 Å². The molecular weight excluding hydrogens is 151 g/mol. The van der Waals surface area contributed by atoms with Crippen LogP contribution in [0.4, 0.5) is 4.39 Å². The monoisotopic (exact) mass is 157 g/mol. The molecule has 10 heavy (non-hydrogen) atoms. The van der Waals surface area contributed by atoms with Crippen molar-refractivity contribution in [2.24, 2.45) is 0 Å². The third-order valence-electron chi connectivity index (χ3n) is 1.24. The van der Waals surface area contributed by atoms with E-state index in [0.717, 1.165) is 0 Å². The predicted molar refractivity (Wildman–Crippen MR) is 40.3 cm³/mol. The van der Waals surface area contributed by atoms with Crippen LogP contribution in [0.3, 0.4) is 0 Å². The fraction of sp³-hybridized carbons (Fsp3) is 0.125. The van der Waals surface area contributed by atoms with Crippen LogP contribution in [0.5, 0.6) is 0 Å². The quantitative estimate of drug-likeness (QED) is 0.588. The van der Waals surface area contributed by atoms with E-state index in [0.29, 0.717) is 10.9 Å². The number of hydrogen-bond donors (Lipinski definition) is 0. The molecule has 0 aromatic heterocycles. The summed E-state index contributed by atoms with van der Waals surface area (Å²) in [6.45, 7) is 1.67. The average molecular weight is 158 g/mol. The lowest BCUT2D eigenvalue weighted by Crippen LogP contribution is -1.89. The van der Waals surface area contributed by atoms with Gasteiger partial charge in [0.2, 0.25) is 0 Å². The first-order valence-electron chi connectivity index (χ1n) is 2.96. The highest BCUT2D eigenvalue weighted by molar-refractivity contribution is 6.28. The van der Waals surface area contributed by atoms with Crippen molar-refractivity contribution >= 4 is 11.6 Å². The molecule has 1 aromatic carbocycles. The highest BCUT2D eigenvalue weighted by Gasteiger charge is 2.05. The van der Waals surface area contributed by atoms with Crippen LogP contribution in [0.25, 0.3) is 0 Å². The van der Waals surface area contributed by atoms with Crippen molar-refractivity contribution in [1.29, 1.82) is 0 Å². The van der Waals surface area contributed by atoms with E-state index in [1.807, 2.05) is 0 Å². The molecule has 53 valence electrons. The summed E-state index contributed by atoms with van der Waals surface area (Å²) >= 11 is 5.59. The molecule has 0 aliphatic rings. The lowest BCUT2D eigenvalue weighted by molar-refractivity contribution is 0.619. The van der Waals surface area contributed by atoms with Crippen molar-refractivity contribution in [2.75, 3.05) is 0 Å². The van der Waals surface area contributed by atoms with Gasteiger partial charge < -0.3 is 0 Å². The Morgan fingerprint density at radius 2 is 2.00 bits per heavy atom. The molecule has 0 fully saturated rings. The van der Waals surface area contributed by atoms with Crippen LogP contribution < -0.4 is 0 Å². The van der Waals surface area contributed by atoms with E-state index in [1.54, 1.807) is 25.1 Å². The summed E-state index contributed by atoms with van der Waals surface area (Å²) in [5.74, 6) is -0.269. The van der Waals surface area contributed by atoms with E-state index in [2.05, 4.69) is 0 Å². The summed E-state index contributed by atoms with van der Waals surface area (Å²) in [4.78, 5) is 0. The van der Waals surface area contributed by atoms with E-state index in [9.17, 15) is 4.39 Å². The number of halogens is 2. The highest BCUT2D eigenvalue weighted by atomic mass is 35.5. The molecule has 0 spiro atoms. The molecule has 0 aliphatic carbocycles. The summed E-state index contributed by atoms with van der Waals surface area (Å²) in [6, 6.07) is 6.43. The van der Waals surface area contributed by atoms with Gasteiger partial charge in [-0.3, -0.25) is 0 Å². The van der Waals surface area contributed by atoms with Gasteiger partial charge in [-0.15, -0.1) is 11.6 Å². The maximum absolute atomic E-state index is 12.7. The van der Waals surface area contributed by atoms with Crippen LogP contribution in [-0.2, 0) is 0 Å². The van der Waals surface area contributed by atoms with Gasteiger partial charge in [-0.1, -0.05) is 18.2 Å². The zero-order valence-corrected chi connectivity index (χ0v) is 6.32. The minimum Gasteiger partial charge on any atom is -0.207 e. The van der Waals surface area contributed by atoms with Crippen LogP contribution in [0, 0.1) is 11.2 Å². The first-order valence-corrected chi connectivity index (χ1v) is 3.33. The van der Waals surface area contributed by atoms with Crippen LogP contribution >= 0.6 is 11.6 Å². The SMILES string of the molecule is C[C](Cl)c1ccccc1F. The molecule has 0 heterocycles. The molecule has 1 aromatic rings. The molecule has 0 atom stereocenters. The lowest BCUT2D eigenvalue weighted by atomic mass is 10.1. The van der Waals surface area contributed by atoms with Crippen molar-refractivity contribution in [1.82, 2.24) is 0 Å². The topological polar surface area (TPSA) is 0 Å². The zero-order valence-electron chi connectivity index (χ0n) is 5.57. The van der Waals surface area contributed by atoms with Crippen molar-refractivity contribution < 1.29 is 4.39 Å². The van der Waals surface area contributed by atoms with Crippen molar-refractivity contribution in [3.05, 3.63) is 41.0 Å². The Balaban J connectivity index is 3.03.